The first-order chi connectivity index (χ1) is 8.21. The predicted molar refractivity (Wildman–Crippen MR) is 52.3 cm³/mol. The topological polar surface area (TPSA) is 84.4 Å². The fourth-order valence-electron chi connectivity index (χ4n) is 1.71. The minimum Gasteiger partial charge on any atom is -0.308 e. The molecule has 0 saturated heterocycles. The molecule has 0 spiro atoms. The van der Waals surface area contributed by atoms with E-state index in [-0.39, 0.29) is 11.5 Å². The van der Waals surface area contributed by atoms with Crippen molar-refractivity contribution >= 4 is 11.9 Å². The number of hydrogen-bond donors (Lipinski definition) is 1. The number of nitrogens with zero attached hydrogens (tertiary/aromatic N) is 4. The summed E-state index contributed by atoms with van der Waals surface area (Å²) < 4.78 is 38.4. The zero-order valence-corrected chi connectivity index (χ0v) is 8.97. The molecule has 10 heteroatoms. The molecule has 0 aromatic carbocycles. The molecular weight excluding hydrogens is 257 g/mol. The molecule has 98 valence electrons. The van der Waals surface area contributed by atoms with Crippen molar-refractivity contribution in [3.63, 3.8) is 0 Å². The molecule has 0 aliphatic carbocycles. The minimum absolute atomic E-state index is 0.229. The van der Waals surface area contributed by atoms with Gasteiger partial charge in [-0.05, 0) is 0 Å². The predicted octanol–water partition coefficient (Wildman–Crippen LogP) is 1.27. The molecule has 0 atom stereocenters. The van der Waals surface area contributed by atoms with Gasteiger partial charge in [0.1, 0.15) is 12.2 Å². The minimum atomic E-state index is -4.70. The fraction of sp³-hybridized carbons (Fsp3) is 0.375. The Morgan fingerprint density at radius 3 is 2.67 bits per heavy atom. The average molecular weight is 264 g/mol. The second-order valence-electron chi connectivity index (χ2n) is 3.65. The Kier molecular flexibility index (Phi) is 2.54. The van der Waals surface area contributed by atoms with E-state index in [0.29, 0.717) is 9.63 Å². The van der Waals surface area contributed by atoms with Gasteiger partial charge in [-0.25, -0.2) is 10.0 Å². The zero-order valence-electron chi connectivity index (χ0n) is 8.97. The van der Waals surface area contributed by atoms with Crippen molar-refractivity contribution in [2.45, 2.75) is 6.18 Å². The van der Waals surface area contributed by atoms with Crippen molar-refractivity contribution in [1.29, 1.82) is 0 Å². The Balaban J connectivity index is 2.60. The van der Waals surface area contributed by atoms with Crippen LogP contribution in [0.25, 0.3) is 6.08 Å². The van der Waals surface area contributed by atoms with Gasteiger partial charge >= 0.3 is 6.18 Å². The lowest BCUT2D eigenvalue weighted by Crippen LogP contribution is -2.29. The van der Waals surface area contributed by atoms with E-state index in [1.807, 2.05) is 0 Å². The number of aromatic nitrogens is 2. The summed E-state index contributed by atoms with van der Waals surface area (Å²) in [7, 11) is 1.07. The van der Waals surface area contributed by atoms with Crippen LogP contribution in [0.3, 0.4) is 0 Å². The lowest BCUT2D eigenvalue weighted by atomic mass is 10.2. The highest BCUT2D eigenvalue weighted by Gasteiger charge is 2.40. The Morgan fingerprint density at radius 1 is 1.56 bits per heavy atom. The van der Waals surface area contributed by atoms with Crippen molar-refractivity contribution in [2.75, 3.05) is 11.6 Å². The summed E-state index contributed by atoms with van der Waals surface area (Å²) in [6.07, 6.45) is -3.78. The smallest absolute Gasteiger partial charge is 0.308 e. The SMILES string of the molecule is Cn1c(C(F)(F)F)nc2c1N(O)CC([N+](=O)[O-])=C2. The van der Waals surface area contributed by atoms with E-state index < -0.39 is 29.2 Å². The fourth-order valence-corrected chi connectivity index (χ4v) is 1.71. The lowest BCUT2D eigenvalue weighted by molar-refractivity contribution is -0.424. The number of hydrogen-bond acceptors (Lipinski definition) is 5. The van der Waals surface area contributed by atoms with Crippen molar-refractivity contribution in [2.24, 2.45) is 7.05 Å². The molecule has 0 saturated carbocycles. The van der Waals surface area contributed by atoms with Gasteiger partial charge in [-0.2, -0.15) is 13.2 Å². The van der Waals surface area contributed by atoms with Crippen molar-refractivity contribution in [1.82, 2.24) is 9.55 Å². The van der Waals surface area contributed by atoms with Crippen LogP contribution in [-0.2, 0) is 13.2 Å². The lowest BCUT2D eigenvalue weighted by Gasteiger charge is -2.19. The molecule has 0 fully saturated rings. The van der Waals surface area contributed by atoms with E-state index >= 15 is 0 Å². The highest BCUT2D eigenvalue weighted by atomic mass is 19.4. The molecule has 0 radical (unpaired) electrons. The van der Waals surface area contributed by atoms with Crippen molar-refractivity contribution < 1.29 is 23.3 Å². The van der Waals surface area contributed by atoms with Crippen LogP contribution in [0.15, 0.2) is 5.70 Å². The summed E-state index contributed by atoms with van der Waals surface area (Å²) in [6, 6.07) is 0. The molecule has 1 aliphatic rings. The molecule has 1 aromatic rings. The standard InChI is InChI=1S/C8H7F3N4O3/c1-13-6-5(12-7(13)8(9,10)11)2-4(15(17)18)3-14(6)16/h2,16H,3H2,1H3. The average Bonchev–Trinajstić information content (AvgIpc) is 2.55. The van der Waals surface area contributed by atoms with Gasteiger partial charge in [0.2, 0.25) is 5.82 Å². The van der Waals surface area contributed by atoms with Crippen molar-refractivity contribution in [3.05, 3.63) is 27.3 Å². The third-order valence-electron chi connectivity index (χ3n) is 2.44. The molecule has 7 nitrogen and oxygen atoms in total. The van der Waals surface area contributed by atoms with Gasteiger partial charge in [-0.3, -0.25) is 15.3 Å². The van der Waals surface area contributed by atoms with Gasteiger partial charge in [-0.15, -0.1) is 0 Å². The second kappa shape index (κ2) is 3.70. The molecule has 1 N–H and O–H groups in total. The first kappa shape index (κ1) is 12.4. The Hall–Kier alpha value is -2.10. The van der Waals surface area contributed by atoms with Crippen LogP contribution in [0, 0.1) is 10.1 Å². The molecule has 0 bridgehead atoms. The van der Waals surface area contributed by atoms with Gasteiger partial charge in [0, 0.05) is 13.1 Å². The van der Waals surface area contributed by atoms with E-state index in [1.165, 1.54) is 0 Å². The van der Waals surface area contributed by atoms with E-state index in [1.54, 1.807) is 0 Å². The summed E-state index contributed by atoms with van der Waals surface area (Å²) in [6.45, 7) is -0.503. The van der Waals surface area contributed by atoms with Crippen LogP contribution in [0.2, 0.25) is 0 Å². The summed E-state index contributed by atoms with van der Waals surface area (Å²) in [5, 5.41) is 20.4. The number of halogens is 3. The van der Waals surface area contributed by atoms with Gasteiger partial charge in [-0.1, -0.05) is 0 Å². The van der Waals surface area contributed by atoms with E-state index in [9.17, 15) is 28.5 Å². The first-order valence-electron chi connectivity index (χ1n) is 4.67. The van der Waals surface area contributed by atoms with Crippen LogP contribution in [0.1, 0.15) is 11.5 Å². The Labute approximate surface area is 97.9 Å². The maximum atomic E-state index is 12.6. The van der Waals surface area contributed by atoms with Crippen LogP contribution in [0.5, 0.6) is 0 Å². The molecule has 2 heterocycles. The van der Waals surface area contributed by atoms with Crippen LogP contribution in [-0.4, -0.2) is 26.2 Å². The van der Waals surface area contributed by atoms with Crippen LogP contribution in [0.4, 0.5) is 19.0 Å². The molecule has 1 aromatic heterocycles. The highest BCUT2D eigenvalue weighted by molar-refractivity contribution is 5.66. The molecule has 1 aliphatic heterocycles. The van der Waals surface area contributed by atoms with E-state index in [2.05, 4.69) is 4.98 Å². The Bertz CT molecular complexity index is 549. The van der Waals surface area contributed by atoms with Gasteiger partial charge in [0.25, 0.3) is 5.70 Å². The number of anilines is 1. The normalized spacial score (nSPS) is 15.4. The quantitative estimate of drug-likeness (QED) is 0.609. The van der Waals surface area contributed by atoms with E-state index in [4.69, 9.17) is 0 Å². The summed E-state index contributed by atoms with van der Waals surface area (Å²) in [5.74, 6) is -1.46. The van der Waals surface area contributed by atoms with Gasteiger partial charge in [0.05, 0.1) is 4.92 Å². The van der Waals surface area contributed by atoms with Gasteiger partial charge < -0.3 is 4.57 Å². The maximum Gasteiger partial charge on any atom is 0.449 e. The summed E-state index contributed by atoms with van der Waals surface area (Å²) in [4.78, 5) is 13.0. The number of rotatable bonds is 1. The first-order valence-corrected chi connectivity index (χ1v) is 4.67. The van der Waals surface area contributed by atoms with Crippen LogP contribution >= 0.6 is 0 Å². The number of fused-ring (bicyclic) bond motifs is 1. The Morgan fingerprint density at radius 2 is 2.17 bits per heavy atom. The molecule has 2 rings (SSSR count). The third-order valence-corrected chi connectivity index (χ3v) is 2.44. The molecule has 0 amide bonds. The summed E-state index contributed by atoms with van der Waals surface area (Å²) in [5.41, 5.74) is -0.720. The number of imidazole rings is 1. The third kappa shape index (κ3) is 1.79. The molecular formula is C8H7F3N4O3. The van der Waals surface area contributed by atoms with Gasteiger partial charge in [0.15, 0.2) is 5.82 Å². The summed E-state index contributed by atoms with van der Waals surface area (Å²) >= 11 is 0. The molecule has 18 heavy (non-hydrogen) atoms. The number of alkyl halides is 3. The van der Waals surface area contributed by atoms with Crippen molar-refractivity contribution in [3.8, 4) is 0 Å². The van der Waals surface area contributed by atoms with E-state index in [0.717, 1.165) is 13.1 Å². The maximum absolute atomic E-state index is 12.6. The molecule has 0 unspecified atom stereocenters. The number of hydroxylamine groups is 1. The zero-order chi connectivity index (χ0) is 13.7. The number of nitro groups is 1. The second-order valence-corrected chi connectivity index (χ2v) is 3.65. The highest BCUT2D eigenvalue weighted by Crippen LogP contribution is 2.35. The largest absolute Gasteiger partial charge is 0.449 e. The van der Waals surface area contributed by atoms with Crippen LogP contribution < -0.4 is 5.06 Å². The monoisotopic (exact) mass is 264 g/mol.